The summed E-state index contributed by atoms with van der Waals surface area (Å²) in [4.78, 5) is 20.0. The van der Waals surface area contributed by atoms with Crippen molar-refractivity contribution >= 4 is 0 Å². The zero-order valence-corrected chi connectivity index (χ0v) is 33.5. The maximum Gasteiger partial charge on any atom is 0.164 e. The van der Waals surface area contributed by atoms with E-state index in [4.69, 9.17) is 19.9 Å². The van der Waals surface area contributed by atoms with Crippen LogP contribution < -0.4 is 0 Å². The second-order valence-corrected chi connectivity index (χ2v) is 16.8. The van der Waals surface area contributed by atoms with Crippen LogP contribution in [0.4, 0.5) is 0 Å². The predicted octanol–water partition coefficient (Wildman–Crippen LogP) is 13.5. The van der Waals surface area contributed by atoms with Gasteiger partial charge in [-0.1, -0.05) is 193 Å². The highest BCUT2D eigenvalue weighted by Gasteiger charge is 2.56. The number of rotatable bonds is 7. The summed E-state index contributed by atoms with van der Waals surface area (Å²) in [6.07, 6.45) is 1.98. The zero-order valence-electron chi connectivity index (χ0n) is 33.5. The summed E-state index contributed by atoms with van der Waals surface area (Å²) in [5, 5.41) is 0. The van der Waals surface area contributed by atoms with Crippen LogP contribution in [0.3, 0.4) is 0 Å². The molecule has 2 heterocycles. The van der Waals surface area contributed by atoms with E-state index in [1.807, 2.05) is 18.3 Å². The zero-order chi connectivity index (χ0) is 39.4. The summed E-state index contributed by atoms with van der Waals surface area (Å²) in [5.41, 5.74) is 14.8. The third kappa shape index (κ3) is 6.36. The van der Waals surface area contributed by atoms with Gasteiger partial charge in [-0.15, -0.1) is 0 Å². The Balaban J connectivity index is 1.02. The Bertz CT molecular complexity index is 2590. The van der Waals surface area contributed by atoms with Crippen molar-refractivity contribution in [3.8, 4) is 78.8 Å². The molecule has 9 rings (SSSR count). The monoisotopic (exact) mass is 738 g/mol. The Morgan fingerprint density at radius 1 is 0.316 bits per heavy atom. The molecular formula is C53H46N4. The van der Waals surface area contributed by atoms with E-state index in [-0.39, 0.29) is 16.2 Å². The van der Waals surface area contributed by atoms with Crippen molar-refractivity contribution in [2.24, 2.45) is 5.41 Å². The van der Waals surface area contributed by atoms with Gasteiger partial charge in [-0.05, 0) is 67.3 Å². The first-order chi connectivity index (χ1) is 27.5. The van der Waals surface area contributed by atoms with Gasteiger partial charge in [0.05, 0.1) is 5.69 Å². The van der Waals surface area contributed by atoms with Gasteiger partial charge in [0.15, 0.2) is 17.5 Å². The first-order valence-electron chi connectivity index (χ1n) is 19.8. The maximum atomic E-state index is 5.03. The second-order valence-electron chi connectivity index (χ2n) is 16.8. The molecule has 4 nitrogen and oxygen atoms in total. The lowest BCUT2D eigenvalue weighted by Gasteiger charge is -2.44. The summed E-state index contributed by atoms with van der Waals surface area (Å²) >= 11 is 0. The van der Waals surface area contributed by atoms with Crippen molar-refractivity contribution in [3.63, 3.8) is 0 Å². The van der Waals surface area contributed by atoms with Crippen molar-refractivity contribution in [3.05, 3.63) is 181 Å². The molecule has 0 saturated carbocycles. The van der Waals surface area contributed by atoms with E-state index in [1.165, 1.54) is 22.3 Å². The van der Waals surface area contributed by atoms with Crippen LogP contribution in [0.15, 0.2) is 170 Å². The smallest absolute Gasteiger partial charge is 0.164 e. The van der Waals surface area contributed by atoms with Gasteiger partial charge in [0.1, 0.15) is 0 Å². The molecule has 278 valence electrons. The SMILES string of the molecule is CC1(C)c2ccc(-c3ccc(-c4ccc(-c5nc(-c6ccc(-c7ccccc7)cc6)nc(-c6ccc(-c7ccccc7)cc6)n5)cc4)cn3)cc2C(C)(C)C1(C)C. The van der Waals surface area contributed by atoms with Crippen LogP contribution in [0, 0.1) is 5.41 Å². The molecule has 57 heavy (non-hydrogen) atoms. The molecule has 0 atom stereocenters. The second kappa shape index (κ2) is 13.9. The minimum absolute atomic E-state index is 0.0452. The molecule has 0 unspecified atom stereocenters. The molecule has 0 fully saturated rings. The highest BCUT2D eigenvalue weighted by Crippen LogP contribution is 2.61. The molecule has 2 aromatic heterocycles. The predicted molar refractivity (Wildman–Crippen MR) is 236 cm³/mol. The van der Waals surface area contributed by atoms with Gasteiger partial charge < -0.3 is 0 Å². The van der Waals surface area contributed by atoms with E-state index in [0.717, 1.165) is 50.2 Å². The normalized spacial score (nSPS) is 14.9. The van der Waals surface area contributed by atoms with E-state index < -0.39 is 0 Å². The molecule has 0 amide bonds. The largest absolute Gasteiger partial charge is 0.256 e. The fourth-order valence-electron chi connectivity index (χ4n) is 8.42. The van der Waals surface area contributed by atoms with Crippen molar-refractivity contribution in [1.29, 1.82) is 0 Å². The van der Waals surface area contributed by atoms with Crippen LogP contribution in [0.1, 0.15) is 52.7 Å². The number of hydrogen-bond donors (Lipinski definition) is 0. The molecular weight excluding hydrogens is 693 g/mol. The molecule has 0 radical (unpaired) electrons. The summed E-state index contributed by atoms with van der Waals surface area (Å²) in [5.74, 6) is 1.89. The van der Waals surface area contributed by atoms with Gasteiger partial charge in [-0.25, -0.2) is 15.0 Å². The number of aromatic nitrogens is 4. The average Bonchev–Trinajstić information content (AvgIpc) is 3.37. The third-order valence-corrected chi connectivity index (χ3v) is 13.2. The molecule has 0 saturated heterocycles. The fourth-order valence-corrected chi connectivity index (χ4v) is 8.42. The quantitative estimate of drug-likeness (QED) is 0.163. The Kier molecular flexibility index (Phi) is 8.81. The van der Waals surface area contributed by atoms with Gasteiger partial charge in [0.25, 0.3) is 0 Å². The minimum Gasteiger partial charge on any atom is -0.256 e. The molecule has 8 aromatic rings. The third-order valence-electron chi connectivity index (χ3n) is 13.2. The number of pyridine rings is 1. The van der Waals surface area contributed by atoms with Crippen molar-refractivity contribution in [1.82, 2.24) is 19.9 Å². The van der Waals surface area contributed by atoms with E-state index in [0.29, 0.717) is 17.5 Å². The summed E-state index contributed by atoms with van der Waals surface area (Å²) in [7, 11) is 0. The first-order valence-corrected chi connectivity index (χ1v) is 19.8. The average molecular weight is 739 g/mol. The molecule has 0 bridgehead atoms. The topological polar surface area (TPSA) is 51.6 Å². The highest BCUT2D eigenvalue weighted by molar-refractivity contribution is 5.74. The van der Waals surface area contributed by atoms with E-state index in [9.17, 15) is 0 Å². The van der Waals surface area contributed by atoms with Crippen LogP contribution >= 0.6 is 0 Å². The van der Waals surface area contributed by atoms with E-state index in [1.54, 1.807) is 0 Å². The first kappa shape index (κ1) is 36.1. The number of nitrogens with zero attached hydrogens (tertiary/aromatic N) is 4. The van der Waals surface area contributed by atoms with E-state index >= 15 is 0 Å². The Morgan fingerprint density at radius 3 is 1.09 bits per heavy atom. The molecule has 0 N–H and O–H groups in total. The van der Waals surface area contributed by atoms with Crippen LogP contribution in [0.2, 0.25) is 0 Å². The van der Waals surface area contributed by atoms with Crippen molar-refractivity contribution in [2.45, 2.75) is 52.4 Å². The lowest BCUT2D eigenvalue weighted by Crippen LogP contribution is -2.42. The van der Waals surface area contributed by atoms with Crippen LogP contribution in [-0.2, 0) is 10.8 Å². The molecule has 1 aliphatic carbocycles. The van der Waals surface area contributed by atoms with Crippen molar-refractivity contribution in [2.75, 3.05) is 0 Å². The molecule has 6 aromatic carbocycles. The molecule has 4 heteroatoms. The Morgan fingerprint density at radius 2 is 0.667 bits per heavy atom. The minimum atomic E-state index is 0.0452. The molecule has 0 aliphatic heterocycles. The van der Waals surface area contributed by atoms with Crippen LogP contribution in [0.5, 0.6) is 0 Å². The number of fused-ring (bicyclic) bond motifs is 1. The lowest BCUT2D eigenvalue weighted by atomic mass is 9.59. The molecule has 0 spiro atoms. The standard InChI is InChI=1S/C53H46N4/c1-51(2)45-31-29-43(33-46(45)52(3,4)53(51,5)6)47-32-30-44(34-54-47)39-21-27-42(28-22-39)50-56-48(40-23-17-37(18-24-40)35-13-9-7-10-14-35)55-49(57-50)41-25-19-38(20-26-41)36-15-11-8-12-16-36/h7-34H,1-6H3. The number of hydrogen-bond acceptors (Lipinski definition) is 4. The number of benzene rings is 6. The summed E-state index contributed by atoms with van der Waals surface area (Å²) in [6, 6.07) is 57.4. The van der Waals surface area contributed by atoms with Gasteiger partial charge in [-0.3, -0.25) is 4.98 Å². The van der Waals surface area contributed by atoms with Crippen LogP contribution in [-0.4, -0.2) is 19.9 Å². The summed E-state index contributed by atoms with van der Waals surface area (Å²) in [6.45, 7) is 14.3. The highest BCUT2D eigenvalue weighted by atomic mass is 15.0. The molecule has 1 aliphatic rings. The Hall–Kier alpha value is -6.52. The van der Waals surface area contributed by atoms with Gasteiger partial charge in [0.2, 0.25) is 0 Å². The summed E-state index contributed by atoms with van der Waals surface area (Å²) < 4.78 is 0. The van der Waals surface area contributed by atoms with Gasteiger partial charge >= 0.3 is 0 Å². The Labute approximate surface area is 336 Å². The van der Waals surface area contributed by atoms with E-state index in [2.05, 4.69) is 193 Å². The van der Waals surface area contributed by atoms with Gasteiger partial charge in [0, 0.05) is 34.0 Å². The maximum absolute atomic E-state index is 5.03. The van der Waals surface area contributed by atoms with Gasteiger partial charge in [-0.2, -0.15) is 0 Å². The lowest BCUT2D eigenvalue weighted by molar-refractivity contribution is 0.125. The van der Waals surface area contributed by atoms with Crippen molar-refractivity contribution < 1.29 is 0 Å². The van der Waals surface area contributed by atoms with Crippen LogP contribution in [0.25, 0.3) is 78.8 Å². The fraction of sp³-hybridized carbons (Fsp3) is 0.170.